The Morgan fingerprint density at radius 1 is 1.18 bits per heavy atom. The predicted octanol–water partition coefficient (Wildman–Crippen LogP) is 5.59. The molecule has 2 heterocycles. The number of hydrogen-bond acceptors (Lipinski definition) is 4. The van der Waals surface area contributed by atoms with Crippen molar-refractivity contribution in [1.29, 1.82) is 0 Å². The number of thiophene rings is 1. The first-order chi connectivity index (χ1) is 15.9. The van der Waals surface area contributed by atoms with Gasteiger partial charge in [0, 0.05) is 16.1 Å². The maximum Gasteiger partial charge on any atom is 0.276 e. The maximum atomic E-state index is 13.6. The number of fused-ring (bicyclic) bond motifs is 3. The first kappa shape index (κ1) is 21.3. The van der Waals surface area contributed by atoms with Crippen LogP contribution in [0.2, 0.25) is 0 Å². The van der Waals surface area contributed by atoms with E-state index in [1.54, 1.807) is 11.3 Å². The summed E-state index contributed by atoms with van der Waals surface area (Å²) in [6.45, 7) is 6.12. The van der Waals surface area contributed by atoms with E-state index in [-0.39, 0.29) is 22.9 Å². The van der Waals surface area contributed by atoms with Gasteiger partial charge in [0.1, 0.15) is 6.04 Å². The van der Waals surface area contributed by atoms with Gasteiger partial charge in [0.2, 0.25) is 5.91 Å². The van der Waals surface area contributed by atoms with Crippen molar-refractivity contribution < 1.29 is 4.79 Å². The molecule has 5 nitrogen and oxygen atoms in total. The molecule has 0 spiro atoms. The van der Waals surface area contributed by atoms with Crippen LogP contribution in [0.5, 0.6) is 0 Å². The van der Waals surface area contributed by atoms with E-state index in [2.05, 4.69) is 17.3 Å². The van der Waals surface area contributed by atoms with Crippen LogP contribution in [0.25, 0.3) is 20.2 Å². The summed E-state index contributed by atoms with van der Waals surface area (Å²) >= 11 is 1.61. The SMILES string of the molecule is CC[C@@H](C(=O)N[C@H](C)C12CC3CC(CC(C3)C1)C2)n1nc(C)c2sc3ccccc3c2c1=O. The summed E-state index contributed by atoms with van der Waals surface area (Å²) in [6.07, 6.45) is 8.48. The van der Waals surface area contributed by atoms with Gasteiger partial charge in [0.15, 0.2) is 0 Å². The molecule has 7 rings (SSSR count). The molecular weight excluding hydrogens is 430 g/mol. The van der Waals surface area contributed by atoms with Crippen LogP contribution in [0.1, 0.15) is 70.5 Å². The van der Waals surface area contributed by atoms with Gasteiger partial charge in [-0.1, -0.05) is 25.1 Å². The smallest absolute Gasteiger partial charge is 0.276 e. The molecule has 4 saturated carbocycles. The second-order valence-corrected chi connectivity index (χ2v) is 12.1. The van der Waals surface area contributed by atoms with Crippen molar-refractivity contribution in [3.05, 3.63) is 40.3 Å². The largest absolute Gasteiger partial charge is 0.351 e. The van der Waals surface area contributed by atoms with Crippen molar-refractivity contribution >= 4 is 37.4 Å². The van der Waals surface area contributed by atoms with Crippen LogP contribution in [-0.2, 0) is 4.79 Å². The molecule has 0 unspecified atom stereocenters. The van der Waals surface area contributed by atoms with E-state index in [1.165, 1.54) is 43.2 Å². The second-order valence-electron chi connectivity index (χ2n) is 11.1. The molecule has 174 valence electrons. The van der Waals surface area contributed by atoms with Crippen LogP contribution in [0, 0.1) is 30.1 Å². The van der Waals surface area contributed by atoms with Crippen LogP contribution in [0.15, 0.2) is 29.1 Å². The van der Waals surface area contributed by atoms with E-state index < -0.39 is 6.04 Å². The van der Waals surface area contributed by atoms with E-state index in [1.807, 2.05) is 38.1 Å². The van der Waals surface area contributed by atoms with E-state index in [9.17, 15) is 9.59 Å². The minimum absolute atomic E-state index is 0.0615. The van der Waals surface area contributed by atoms with Crippen molar-refractivity contribution in [2.75, 3.05) is 0 Å². The van der Waals surface area contributed by atoms with Gasteiger partial charge in [-0.15, -0.1) is 11.3 Å². The van der Waals surface area contributed by atoms with E-state index in [0.29, 0.717) is 11.8 Å². The Kier molecular flexibility index (Phi) is 4.95. The van der Waals surface area contributed by atoms with Crippen molar-refractivity contribution in [1.82, 2.24) is 15.1 Å². The number of nitrogens with one attached hydrogen (secondary N) is 1. The molecule has 33 heavy (non-hydrogen) atoms. The second kappa shape index (κ2) is 7.66. The van der Waals surface area contributed by atoms with Gasteiger partial charge < -0.3 is 5.32 Å². The molecule has 0 aliphatic heterocycles. The Morgan fingerprint density at radius 3 is 2.45 bits per heavy atom. The zero-order chi connectivity index (χ0) is 22.9. The fraction of sp³-hybridized carbons (Fsp3) is 0.593. The Morgan fingerprint density at radius 2 is 1.82 bits per heavy atom. The number of carbonyl (C=O) groups is 1. The third-order valence-corrected chi connectivity index (χ3v) is 10.2. The minimum atomic E-state index is -0.587. The van der Waals surface area contributed by atoms with E-state index in [4.69, 9.17) is 0 Å². The topological polar surface area (TPSA) is 64.0 Å². The molecule has 4 fully saturated rings. The molecular formula is C27H33N3O2S. The molecule has 4 aliphatic carbocycles. The van der Waals surface area contributed by atoms with Crippen molar-refractivity contribution in [2.45, 2.75) is 77.8 Å². The summed E-state index contributed by atoms with van der Waals surface area (Å²) in [7, 11) is 0. The molecule has 6 heteroatoms. The average Bonchev–Trinajstić information content (AvgIpc) is 3.17. The fourth-order valence-corrected chi connectivity index (χ4v) is 8.87. The number of nitrogens with zero attached hydrogens (tertiary/aromatic N) is 2. The minimum Gasteiger partial charge on any atom is -0.351 e. The predicted molar refractivity (Wildman–Crippen MR) is 134 cm³/mol. The number of aromatic nitrogens is 2. The van der Waals surface area contributed by atoms with Gasteiger partial charge in [-0.05, 0) is 88.0 Å². The number of carbonyl (C=O) groups excluding carboxylic acids is 1. The fourth-order valence-electron chi connectivity index (χ4n) is 7.73. The highest BCUT2D eigenvalue weighted by Gasteiger charge is 2.53. The summed E-state index contributed by atoms with van der Waals surface area (Å²) in [4.78, 5) is 27.2. The number of amides is 1. The summed E-state index contributed by atoms with van der Waals surface area (Å²) in [5.74, 6) is 2.48. The van der Waals surface area contributed by atoms with Crippen LogP contribution in [0.3, 0.4) is 0 Å². The van der Waals surface area contributed by atoms with Crippen molar-refractivity contribution in [3.63, 3.8) is 0 Å². The zero-order valence-corrected chi connectivity index (χ0v) is 20.6. The number of hydrogen-bond donors (Lipinski definition) is 1. The summed E-state index contributed by atoms with van der Waals surface area (Å²) < 4.78 is 3.47. The van der Waals surface area contributed by atoms with Gasteiger partial charge in [0.05, 0.1) is 15.8 Å². The monoisotopic (exact) mass is 463 g/mol. The highest BCUT2D eigenvalue weighted by Crippen LogP contribution is 2.61. The molecule has 2 aromatic heterocycles. The quantitative estimate of drug-likeness (QED) is 0.536. The summed E-state index contributed by atoms with van der Waals surface area (Å²) in [5, 5.41) is 9.67. The van der Waals surface area contributed by atoms with Gasteiger partial charge in [-0.25, -0.2) is 4.68 Å². The van der Waals surface area contributed by atoms with Gasteiger partial charge in [-0.3, -0.25) is 9.59 Å². The standard InChI is InChI=1S/C27H33N3O2S/c1-4-21(25(31)28-16(3)27-12-17-9-18(13-27)11-19(10-17)14-27)30-26(32)23-20-7-5-6-8-22(20)33-24(23)15(2)29-30/h5-8,16-19,21H,4,9-14H2,1-3H3,(H,28,31)/t16-,17?,18?,19?,21+,27?/m1/s1. The molecule has 0 saturated heterocycles. The first-order valence-electron chi connectivity index (χ1n) is 12.6. The van der Waals surface area contributed by atoms with Gasteiger partial charge >= 0.3 is 0 Å². The molecule has 1 aromatic carbocycles. The number of benzene rings is 1. The Bertz CT molecular complexity index is 1270. The Hall–Kier alpha value is -2.21. The normalized spacial score (nSPS) is 30.1. The highest BCUT2D eigenvalue weighted by molar-refractivity contribution is 7.26. The molecule has 2 atom stereocenters. The molecule has 0 radical (unpaired) electrons. The lowest BCUT2D eigenvalue weighted by atomic mass is 9.48. The Labute approximate surface area is 198 Å². The molecule has 1 N–H and O–H groups in total. The van der Waals surface area contributed by atoms with E-state index >= 15 is 0 Å². The van der Waals surface area contributed by atoms with Gasteiger partial charge in [0.25, 0.3) is 5.56 Å². The lowest BCUT2D eigenvalue weighted by Crippen LogP contribution is -2.56. The molecule has 1 amide bonds. The molecule has 3 aromatic rings. The number of rotatable bonds is 5. The molecule has 4 aliphatic rings. The van der Waals surface area contributed by atoms with Crippen molar-refractivity contribution in [3.8, 4) is 0 Å². The number of aryl methyl sites for hydroxylation is 1. The van der Waals surface area contributed by atoms with Crippen LogP contribution >= 0.6 is 11.3 Å². The molecule has 4 bridgehead atoms. The average molecular weight is 464 g/mol. The van der Waals surface area contributed by atoms with Crippen molar-refractivity contribution in [2.24, 2.45) is 23.2 Å². The first-order valence-corrected chi connectivity index (χ1v) is 13.4. The Balaban J connectivity index is 1.33. The van der Waals surface area contributed by atoms with Crippen LogP contribution in [-0.4, -0.2) is 21.7 Å². The van der Waals surface area contributed by atoms with Crippen LogP contribution in [0.4, 0.5) is 0 Å². The lowest BCUT2D eigenvalue weighted by molar-refractivity contribution is -0.129. The third-order valence-electron chi connectivity index (χ3n) is 8.95. The third kappa shape index (κ3) is 3.28. The highest BCUT2D eigenvalue weighted by atomic mass is 32.1. The zero-order valence-electron chi connectivity index (χ0n) is 19.8. The lowest BCUT2D eigenvalue weighted by Gasteiger charge is -2.59. The summed E-state index contributed by atoms with van der Waals surface area (Å²) in [5.41, 5.74) is 0.897. The summed E-state index contributed by atoms with van der Waals surface area (Å²) in [6, 6.07) is 7.54. The van der Waals surface area contributed by atoms with Gasteiger partial charge in [-0.2, -0.15) is 5.10 Å². The van der Waals surface area contributed by atoms with E-state index in [0.717, 1.165) is 38.2 Å². The van der Waals surface area contributed by atoms with Crippen LogP contribution < -0.4 is 10.9 Å². The maximum absolute atomic E-state index is 13.6.